The van der Waals surface area contributed by atoms with E-state index in [1.807, 2.05) is 25.1 Å². The molecule has 2 aromatic carbocycles. The van der Waals surface area contributed by atoms with Crippen LogP contribution in [0.15, 0.2) is 72.3 Å². The quantitative estimate of drug-likeness (QED) is 0.0741. The number of rotatable bonds is 22. The highest BCUT2D eigenvalue weighted by Crippen LogP contribution is 2.70. The van der Waals surface area contributed by atoms with Crippen LogP contribution in [0.5, 0.6) is 0 Å². The van der Waals surface area contributed by atoms with Crippen molar-refractivity contribution in [3.63, 3.8) is 0 Å². The summed E-state index contributed by atoms with van der Waals surface area (Å²) in [4.78, 5) is 101. The Bertz CT molecular complexity index is 2740. The number of nitrogens with two attached hydrogens (primary N) is 1. The van der Waals surface area contributed by atoms with Crippen molar-refractivity contribution < 1.29 is 67.9 Å². The fraction of sp³-hybridized carbons (Fsp3) is 0.593. The SMILES string of the molecule is CC(=O)N[C@@H](CCCCN)C(=O)NCC(=O)N[C@@H](CCC(=O)O)C(=O)Nc1ccc(COC(=O)NC2CC3(CC(Cc4ccc(C5O[C@@H]6C[C@H]7[C@@H]8CCC9=CC(=O)C=C[C@]9(C)[C@H]8[C@@H](O)C[C@]7(C)[C@]6(C(=O)CO)O5)cc4)C3)C2)cc1. The molecule has 20 heteroatoms. The number of Topliss-reactive ketones (excluding diaryl/α,β-unsaturated/α-hetero) is 1. The Hall–Kier alpha value is -6.32. The summed E-state index contributed by atoms with van der Waals surface area (Å²) in [6, 6.07) is 12.5. The van der Waals surface area contributed by atoms with Crippen molar-refractivity contribution in [1.82, 2.24) is 21.3 Å². The van der Waals surface area contributed by atoms with Crippen molar-refractivity contribution in [2.75, 3.05) is 25.0 Å². The van der Waals surface area contributed by atoms with Gasteiger partial charge >= 0.3 is 12.1 Å². The second-order valence-electron chi connectivity index (χ2n) is 23.9. The molecule has 1 saturated heterocycles. The Morgan fingerprint density at radius 3 is 2.28 bits per heavy atom. The van der Waals surface area contributed by atoms with Crippen molar-refractivity contribution in [2.24, 2.45) is 45.7 Å². The number of carboxylic acid groups (broad SMARTS) is 1. The number of carbonyl (C=O) groups excluding carboxylic acids is 7. The Morgan fingerprint density at radius 1 is 0.886 bits per heavy atom. The standard InChI is InChI=1S/C59H76N6O14/c1-33(67)62-44(6-4-5-21-60)52(74)61-30-49(71)65-45(17-18-50(72)73)53(75)63-39-14-9-35(10-15-39)32-77-55(76)64-40-27-58(28-40)25-36(26-58)22-34-7-11-37(12-8-34)54-78-48-24-43-42-16-13-38-23-41(68)19-20-56(38,2)51(42)46(69)29-57(43,3)59(48,79-54)47(70)31-66/h7-12,14-15,19-20,23,36,40,42-46,48,51,54,66,69H,4-6,13,16-18,21-22,24-32,60H2,1-3H3,(H,61,74)(H,62,67)(H,63,75)(H,64,76)(H,65,71)(H,72,73)/t36?,40?,42-,43-,44-,45-,46-,48+,51+,54?,56-,57-,58?,59+/m0/s1. The lowest BCUT2D eigenvalue weighted by atomic mass is 9.46. The van der Waals surface area contributed by atoms with Gasteiger partial charge < -0.3 is 61.8 Å². The fourth-order valence-corrected chi connectivity index (χ4v) is 15.1. The van der Waals surface area contributed by atoms with Gasteiger partial charge in [-0.1, -0.05) is 61.9 Å². The van der Waals surface area contributed by atoms with Gasteiger partial charge in [0.15, 0.2) is 23.5 Å². The van der Waals surface area contributed by atoms with Crippen LogP contribution in [-0.2, 0) is 60.8 Å². The molecule has 2 aromatic rings. The first-order chi connectivity index (χ1) is 37.7. The lowest BCUT2D eigenvalue weighted by Crippen LogP contribution is -2.63. The van der Waals surface area contributed by atoms with Crippen LogP contribution in [0, 0.1) is 39.9 Å². The van der Waals surface area contributed by atoms with Gasteiger partial charge in [0.25, 0.3) is 0 Å². The van der Waals surface area contributed by atoms with Crippen LogP contribution < -0.4 is 32.3 Å². The third-order valence-corrected chi connectivity index (χ3v) is 18.6. The first-order valence-corrected chi connectivity index (χ1v) is 28.0. The minimum Gasteiger partial charge on any atom is -0.481 e. The number of alkyl carbamates (subject to hydrolysis) is 1. The monoisotopic (exact) mass is 1090 g/mol. The molecule has 11 atom stereocenters. The number of allylic oxidation sites excluding steroid dienone is 4. The van der Waals surface area contributed by atoms with Crippen LogP contribution in [0.25, 0.3) is 0 Å². The van der Waals surface area contributed by atoms with Crippen LogP contribution in [-0.4, -0.2) is 118 Å². The minimum absolute atomic E-state index is 0.00276. The number of fused-ring (bicyclic) bond motifs is 7. The predicted molar refractivity (Wildman–Crippen MR) is 286 cm³/mol. The van der Waals surface area contributed by atoms with Crippen molar-refractivity contribution in [1.29, 1.82) is 0 Å². The minimum atomic E-state index is -1.41. The zero-order valence-corrected chi connectivity index (χ0v) is 45.3. The molecule has 6 aliphatic carbocycles. The highest BCUT2D eigenvalue weighted by atomic mass is 16.7. The summed E-state index contributed by atoms with van der Waals surface area (Å²) in [5, 5.41) is 44.8. The summed E-state index contributed by atoms with van der Waals surface area (Å²) in [5.41, 5.74) is 7.11. The summed E-state index contributed by atoms with van der Waals surface area (Å²) in [7, 11) is 0. The summed E-state index contributed by atoms with van der Waals surface area (Å²) in [6.07, 6.45) is 10.7. The van der Waals surface area contributed by atoms with Gasteiger partial charge in [0.05, 0.1) is 18.8 Å². The zero-order chi connectivity index (χ0) is 56.4. The van der Waals surface area contributed by atoms with Gasteiger partial charge in [-0.05, 0) is 149 Å². The molecule has 5 saturated carbocycles. The Kier molecular flexibility index (Phi) is 17.0. The van der Waals surface area contributed by atoms with Crippen molar-refractivity contribution in [3.8, 4) is 0 Å². The summed E-state index contributed by atoms with van der Waals surface area (Å²) < 4.78 is 19.0. The second-order valence-corrected chi connectivity index (χ2v) is 23.9. The van der Waals surface area contributed by atoms with E-state index in [2.05, 4.69) is 45.6 Å². The number of ketones is 2. The van der Waals surface area contributed by atoms with E-state index in [1.54, 1.807) is 36.4 Å². The highest BCUT2D eigenvalue weighted by molar-refractivity contribution is 6.01. The van der Waals surface area contributed by atoms with Gasteiger partial charge in [-0.25, -0.2) is 4.79 Å². The van der Waals surface area contributed by atoms with Crippen LogP contribution in [0.1, 0.15) is 127 Å². The number of anilines is 1. The summed E-state index contributed by atoms with van der Waals surface area (Å²) in [6.45, 7) is 4.62. The number of ether oxygens (including phenoxy) is 3. The molecular formula is C59H76N6O14. The van der Waals surface area contributed by atoms with Gasteiger partial charge in [0.1, 0.15) is 25.3 Å². The molecule has 79 heavy (non-hydrogen) atoms. The number of aliphatic carboxylic acids is 1. The first kappa shape index (κ1) is 57.4. The average Bonchev–Trinajstić information content (AvgIpc) is 3.74. The van der Waals surface area contributed by atoms with E-state index in [-0.39, 0.29) is 48.0 Å². The van der Waals surface area contributed by atoms with Crippen molar-refractivity contribution in [2.45, 2.75) is 159 Å². The van der Waals surface area contributed by atoms with E-state index in [4.69, 9.17) is 19.9 Å². The molecule has 1 unspecified atom stereocenters. The third kappa shape index (κ3) is 11.8. The van der Waals surface area contributed by atoms with E-state index in [9.17, 15) is 53.7 Å². The van der Waals surface area contributed by atoms with Crippen LogP contribution in [0.3, 0.4) is 0 Å². The maximum atomic E-state index is 14.0. The number of benzene rings is 2. The molecule has 5 amide bonds. The van der Waals surface area contributed by atoms with Gasteiger partial charge in [-0.2, -0.15) is 0 Å². The molecule has 9 rings (SSSR count). The summed E-state index contributed by atoms with van der Waals surface area (Å²) in [5.74, 6) is -3.55. The topological polar surface area (TPSA) is 311 Å². The Labute approximate surface area is 459 Å². The van der Waals surface area contributed by atoms with E-state index < -0.39 is 108 Å². The van der Waals surface area contributed by atoms with E-state index in [1.165, 1.54) is 12.5 Å². The lowest BCUT2D eigenvalue weighted by molar-refractivity contribution is -0.201. The highest BCUT2D eigenvalue weighted by Gasteiger charge is 2.76. The average molecular weight is 1090 g/mol. The molecule has 1 spiro atoms. The van der Waals surface area contributed by atoms with E-state index in [0.29, 0.717) is 55.8 Å². The van der Waals surface area contributed by atoms with Gasteiger partial charge in [-0.3, -0.25) is 33.6 Å². The lowest BCUT2D eigenvalue weighted by Gasteiger charge is -2.59. The Balaban J connectivity index is 0.694. The van der Waals surface area contributed by atoms with E-state index in [0.717, 1.165) is 56.1 Å². The number of hydrogen-bond acceptors (Lipinski definition) is 14. The Morgan fingerprint density at radius 2 is 1.59 bits per heavy atom. The smallest absolute Gasteiger partial charge is 0.407 e. The number of amides is 5. The largest absolute Gasteiger partial charge is 0.481 e. The number of aliphatic hydroxyl groups excluding tert-OH is 2. The van der Waals surface area contributed by atoms with Gasteiger partial charge in [0.2, 0.25) is 23.6 Å². The maximum Gasteiger partial charge on any atom is 0.407 e. The number of carboxylic acids is 1. The number of carbonyl (C=O) groups is 8. The van der Waals surface area contributed by atoms with Gasteiger partial charge in [0, 0.05) is 47.4 Å². The molecule has 7 aliphatic rings. The van der Waals surface area contributed by atoms with Gasteiger partial charge in [-0.15, -0.1) is 0 Å². The number of hydrogen-bond donors (Lipinski definition) is 9. The molecule has 1 aliphatic heterocycles. The normalized spacial score (nSPS) is 32.5. The number of nitrogens with one attached hydrogen (secondary N) is 5. The van der Waals surface area contributed by atoms with Crippen LogP contribution in [0.4, 0.5) is 10.5 Å². The second kappa shape index (κ2) is 23.4. The summed E-state index contributed by atoms with van der Waals surface area (Å²) >= 11 is 0. The number of unbranched alkanes of at least 4 members (excludes halogenated alkanes) is 1. The molecule has 1 heterocycles. The molecule has 20 nitrogen and oxygen atoms in total. The molecular weight excluding hydrogens is 1020 g/mol. The fourth-order valence-electron chi connectivity index (χ4n) is 15.1. The molecule has 426 valence electrons. The molecule has 6 fully saturated rings. The first-order valence-electron chi connectivity index (χ1n) is 28.0. The molecule has 0 radical (unpaired) electrons. The molecule has 0 aromatic heterocycles. The predicted octanol–water partition coefficient (Wildman–Crippen LogP) is 4.36. The van der Waals surface area contributed by atoms with Crippen LogP contribution in [0.2, 0.25) is 0 Å². The maximum absolute atomic E-state index is 14.0. The number of aliphatic hydroxyl groups is 2. The van der Waals surface area contributed by atoms with E-state index >= 15 is 0 Å². The van der Waals surface area contributed by atoms with Crippen LogP contribution >= 0.6 is 0 Å². The third-order valence-electron chi connectivity index (χ3n) is 18.6. The molecule has 10 N–H and O–H groups in total. The zero-order valence-electron chi connectivity index (χ0n) is 45.3. The van der Waals surface area contributed by atoms with Crippen molar-refractivity contribution in [3.05, 3.63) is 89.0 Å². The molecule has 0 bridgehead atoms. The van der Waals surface area contributed by atoms with Crippen molar-refractivity contribution >= 4 is 52.9 Å².